The highest BCUT2D eigenvalue weighted by molar-refractivity contribution is 7.09. The van der Waals surface area contributed by atoms with Crippen LogP contribution < -0.4 is 0 Å². The molecule has 9 heteroatoms. The molecule has 1 atom stereocenters. The molecule has 0 bridgehead atoms. The van der Waals surface area contributed by atoms with Gasteiger partial charge in [-0.25, -0.2) is 4.98 Å². The Morgan fingerprint density at radius 3 is 2.62 bits per heavy atom. The number of rotatable bonds is 12. The van der Waals surface area contributed by atoms with E-state index in [2.05, 4.69) is 21.3 Å². The van der Waals surface area contributed by atoms with Crippen molar-refractivity contribution in [1.82, 2.24) is 19.7 Å². The van der Waals surface area contributed by atoms with Crippen LogP contribution >= 0.6 is 11.3 Å². The van der Waals surface area contributed by atoms with Gasteiger partial charge in [0.05, 0.1) is 5.56 Å². The van der Waals surface area contributed by atoms with Crippen LogP contribution in [0.5, 0.6) is 0 Å². The van der Waals surface area contributed by atoms with E-state index in [0.29, 0.717) is 22.2 Å². The number of Topliss-reactive ketones (excluding diaryl/α,β-unsaturated/α-hetero) is 1. The summed E-state index contributed by atoms with van der Waals surface area (Å²) in [7, 11) is 1.89. The Morgan fingerprint density at radius 1 is 1.22 bits per heavy atom. The third kappa shape index (κ3) is 5.77. The fourth-order valence-corrected chi connectivity index (χ4v) is 4.61. The second-order valence-electron chi connectivity index (χ2n) is 8.16. The second-order valence-corrected chi connectivity index (χ2v) is 9.08. The predicted molar refractivity (Wildman–Crippen MR) is 122 cm³/mol. The number of fused-ring (bicyclic) bond motifs is 1. The van der Waals surface area contributed by atoms with Crippen LogP contribution in [0.1, 0.15) is 72.1 Å². The first-order valence-corrected chi connectivity index (χ1v) is 11.7. The van der Waals surface area contributed by atoms with Gasteiger partial charge in [0.25, 0.3) is 0 Å². The Bertz CT molecular complexity index is 1130. The van der Waals surface area contributed by atoms with Crippen molar-refractivity contribution in [1.29, 1.82) is 5.26 Å². The normalized spacial score (nSPS) is 12.0. The van der Waals surface area contributed by atoms with E-state index in [1.54, 1.807) is 29.8 Å². The molecular formula is C23H27N5O3S. The highest BCUT2D eigenvalue weighted by Gasteiger charge is 2.24. The van der Waals surface area contributed by atoms with Gasteiger partial charge in [0, 0.05) is 49.2 Å². The minimum atomic E-state index is -0.912. The van der Waals surface area contributed by atoms with E-state index in [1.807, 2.05) is 11.6 Å². The van der Waals surface area contributed by atoms with E-state index in [4.69, 9.17) is 5.11 Å². The van der Waals surface area contributed by atoms with Gasteiger partial charge in [-0.3, -0.25) is 9.59 Å². The van der Waals surface area contributed by atoms with Gasteiger partial charge in [0.15, 0.2) is 5.78 Å². The van der Waals surface area contributed by atoms with Crippen LogP contribution in [0.2, 0.25) is 0 Å². The highest BCUT2D eigenvalue weighted by Crippen LogP contribution is 2.29. The molecule has 0 unspecified atom stereocenters. The number of pyridine rings is 1. The number of carbonyl (C=O) groups excluding carboxylic acids is 1. The molecule has 0 saturated carbocycles. The first-order valence-electron chi connectivity index (χ1n) is 10.8. The molecule has 3 aromatic heterocycles. The number of ketones is 1. The van der Waals surface area contributed by atoms with Crippen LogP contribution in [0.4, 0.5) is 0 Å². The third-order valence-electron chi connectivity index (χ3n) is 5.57. The fraction of sp³-hybridized carbons (Fsp3) is 0.478. The summed E-state index contributed by atoms with van der Waals surface area (Å²) < 4.78 is 1.94. The molecule has 3 rings (SSSR count). The van der Waals surface area contributed by atoms with Crippen LogP contribution in [0.25, 0.3) is 11.0 Å². The smallest absolute Gasteiger partial charge is 0.303 e. The molecule has 3 aromatic rings. The maximum atomic E-state index is 13.2. The number of aromatic nitrogens is 4. The summed E-state index contributed by atoms with van der Waals surface area (Å²) in [5, 5.41) is 28.0. The lowest BCUT2D eigenvalue weighted by atomic mass is 9.94. The van der Waals surface area contributed by atoms with Crippen LogP contribution in [0.3, 0.4) is 0 Å². The molecule has 8 nitrogen and oxygen atoms in total. The van der Waals surface area contributed by atoms with E-state index in [-0.39, 0.29) is 24.5 Å². The molecule has 0 aliphatic rings. The van der Waals surface area contributed by atoms with Crippen molar-refractivity contribution >= 4 is 34.1 Å². The van der Waals surface area contributed by atoms with Gasteiger partial charge in [0.1, 0.15) is 22.2 Å². The summed E-state index contributed by atoms with van der Waals surface area (Å²) in [6.07, 6.45) is 7.35. The standard InChI is InChI=1S/C23H27N5O3S/c1-15(10-21(30)31)9-19(29)22-17-11-16(12-24)13-25-23(17)28(2)18(22)7-5-3-4-6-8-20-27-26-14-32-20/h11,13-15H,3-10H2,1-2H3,(H,30,31)/t15-/m0/s1. The van der Waals surface area contributed by atoms with E-state index >= 15 is 0 Å². The topological polar surface area (TPSA) is 122 Å². The average Bonchev–Trinajstić information content (AvgIpc) is 3.36. The molecule has 1 N–H and O–H groups in total. The summed E-state index contributed by atoms with van der Waals surface area (Å²) in [6.45, 7) is 1.77. The van der Waals surface area contributed by atoms with Gasteiger partial charge in [-0.05, 0) is 31.2 Å². The van der Waals surface area contributed by atoms with Gasteiger partial charge < -0.3 is 9.67 Å². The Morgan fingerprint density at radius 2 is 1.97 bits per heavy atom. The molecule has 0 aliphatic carbocycles. The Labute approximate surface area is 190 Å². The zero-order valence-corrected chi connectivity index (χ0v) is 19.2. The number of carbonyl (C=O) groups is 2. The molecule has 32 heavy (non-hydrogen) atoms. The van der Waals surface area contributed by atoms with E-state index in [9.17, 15) is 14.9 Å². The minimum Gasteiger partial charge on any atom is -0.481 e. The number of aliphatic carboxylic acids is 1. The van der Waals surface area contributed by atoms with Crippen molar-refractivity contribution in [2.45, 2.75) is 58.3 Å². The molecule has 0 spiro atoms. The van der Waals surface area contributed by atoms with E-state index in [0.717, 1.165) is 49.2 Å². The lowest BCUT2D eigenvalue weighted by molar-refractivity contribution is -0.137. The first-order chi connectivity index (χ1) is 15.4. The van der Waals surface area contributed by atoms with Gasteiger partial charge in [0.2, 0.25) is 0 Å². The summed E-state index contributed by atoms with van der Waals surface area (Å²) >= 11 is 1.57. The molecule has 0 amide bonds. The monoisotopic (exact) mass is 453 g/mol. The Kier molecular flexibility index (Phi) is 8.06. The average molecular weight is 454 g/mol. The largest absolute Gasteiger partial charge is 0.481 e. The number of carboxylic acid groups (broad SMARTS) is 1. The van der Waals surface area contributed by atoms with Crippen molar-refractivity contribution in [3.63, 3.8) is 0 Å². The minimum absolute atomic E-state index is 0.0534. The highest BCUT2D eigenvalue weighted by atomic mass is 32.1. The van der Waals surface area contributed by atoms with Gasteiger partial charge in [-0.15, -0.1) is 21.5 Å². The van der Waals surface area contributed by atoms with Crippen molar-refractivity contribution < 1.29 is 14.7 Å². The van der Waals surface area contributed by atoms with Crippen LogP contribution in [-0.2, 0) is 24.7 Å². The van der Waals surface area contributed by atoms with Crippen molar-refractivity contribution in [3.8, 4) is 6.07 Å². The van der Waals surface area contributed by atoms with E-state index < -0.39 is 5.97 Å². The number of hydrogen-bond acceptors (Lipinski definition) is 7. The van der Waals surface area contributed by atoms with Gasteiger partial charge in [-0.2, -0.15) is 5.26 Å². The lowest BCUT2D eigenvalue weighted by Gasteiger charge is -2.10. The first kappa shape index (κ1) is 23.5. The zero-order chi connectivity index (χ0) is 23.1. The van der Waals surface area contributed by atoms with Crippen molar-refractivity contribution in [2.75, 3.05) is 0 Å². The Hall–Kier alpha value is -3.12. The Balaban J connectivity index is 1.75. The molecule has 3 heterocycles. The number of nitrogens with zero attached hydrogens (tertiary/aromatic N) is 5. The zero-order valence-electron chi connectivity index (χ0n) is 18.4. The molecular weight excluding hydrogens is 426 g/mol. The fourth-order valence-electron chi connectivity index (χ4n) is 4.04. The quantitative estimate of drug-likeness (QED) is 0.320. The van der Waals surface area contributed by atoms with Crippen LogP contribution in [0.15, 0.2) is 17.8 Å². The van der Waals surface area contributed by atoms with Gasteiger partial charge >= 0.3 is 5.97 Å². The number of carboxylic acids is 1. The maximum Gasteiger partial charge on any atom is 0.303 e. The number of unbranched alkanes of at least 4 members (excludes halogenated alkanes) is 3. The number of hydrogen-bond donors (Lipinski definition) is 1. The van der Waals surface area contributed by atoms with E-state index in [1.165, 1.54) is 6.20 Å². The van der Waals surface area contributed by atoms with Crippen molar-refractivity contribution in [2.24, 2.45) is 13.0 Å². The summed E-state index contributed by atoms with van der Waals surface area (Å²) in [5.74, 6) is -1.27. The molecule has 168 valence electrons. The van der Waals surface area contributed by atoms with Crippen molar-refractivity contribution in [3.05, 3.63) is 39.6 Å². The second kappa shape index (κ2) is 11.0. The summed E-state index contributed by atoms with van der Waals surface area (Å²) in [5.41, 5.74) is 4.30. The molecule has 0 aliphatic heterocycles. The molecule has 0 aromatic carbocycles. The SMILES string of the molecule is C[C@H](CC(=O)O)CC(=O)c1c(CCCCCCc2nncs2)n(C)c2ncc(C#N)cc12. The van der Waals surface area contributed by atoms with Gasteiger partial charge in [-0.1, -0.05) is 19.8 Å². The number of nitriles is 1. The lowest BCUT2D eigenvalue weighted by Crippen LogP contribution is -2.12. The van der Waals surface area contributed by atoms with Crippen LogP contribution in [-0.4, -0.2) is 36.6 Å². The predicted octanol–water partition coefficient (Wildman–Crippen LogP) is 4.33. The summed E-state index contributed by atoms with van der Waals surface area (Å²) in [4.78, 5) is 28.7. The van der Waals surface area contributed by atoms with Crippen LogP contribution in [0, 0.1) is 17.2 Å². The maximum absolute atomic E-state index is 13.2. The number of aryl methyl sites for hydroxylation is 2. The molecule has 0 saturated heterocycles. The summed E-state index contributed by atoms with van der Waals surface area (Å²) in [6, 6.07) is 3.80. The third-order valence-corrected chi connectivity index (χ3v) is 6.33. The molecule has 0 fully saturated rings. The molecule has 0 radical (unpaired) electrons.